The summed E-state index contributed by atoms with van der Waals surface area (Å²) in [6, 6.07) is -0.109. The molecule has 1 fully saturated rings. The van der Waals surface area contributed by atoms with Crippen LogP contribution in [-0.2, 0) is 16.0 Å². The first-order valence-corrected chi connectivity index (χ1v) is 10.6. The summed E-state index contributed by atoms with van der Waals surface area (Å²) >= 11 is 0. The Morgan fingerprint density at radius 3 is 2.54 bits per heavy atom. The molecule has 0 aliphatic carbocycles. The van der Waals surface area contributed by atoms with Crippen molar-refractivity contribution in [3.05, 3.63) is 17.1 Å². The van der Waals surface area contributed by atoms with E-state index in [0.717, 1.165) is 42.9 Å². The van der Waals surface area contributed by atoms with E-state index in [0.29, 0.717) is 31.1 Å². The molecule has 1 aromatic heterocycles. The maximum Gasteiger partial charge on any atom is 0.228 e. The lowest BCUT2D eigenvalue weighted by molar-refractivity contribution is -0.143. The molecule has 0 radical (unpaired) electrons. The molecule has 0 bridgehead atoms. The minimum absolute atomic E-state index is 0.109. The number of hydrogen-bond donors (Lipinski definition) is 0. The molecule has 1 saturated heterocycles. The minimum atomic E-state index is -0.432. The predicted molar refractivity (Wildman–Crippen MR) is 110 cm³/mol. The van der Waals surface area contributed by atoms with E-state index in [-0.39, 0.29) is 17.9 Å². The summed E-state index contributed by atoms with van der Waals surface area (Å²) in [5.41, 5.74) is 1.59. The monoisotopic (exact) mass is 386 g/mol. The van der Waals surface area contributed by atoms with Crippen LogP contribution in [0.2, 0.25) is 0 Å². The first-order valence-electron chi connectivity index (χ1n) is 10.6. The number of fused-ring (bicyclic) bond motifs is 1. The van der Waals surface area contributed by atoms with Crippen molar-refractivity contribution in [2.45, 2.75) is 79.7 Å². The molecule has 3 heterocycles. The van der Waals surface area contributed by atoms with Gasteiger partial charge in [-0.05, 0) is 38.5 Å². The van der Waals surface area contributed by atoms with Gasteiger partial charge in [-0.2, -0.15) is 0 Å². The number of aryl methyl sites for hydroxylation is 1. The van der Waals surface area contributed by atoms with Gasteiger partial charge in [0.25, 0.3) is 0 Å². The van der Waals surface area contributed by atoms with Gasteiger partial charge >= 0.3 is 0 Å². The smallest absolute Gasteiger partial charge is 0.228 e. The van der Waals surface area contributed by atoms with E-state index in [9.17, 15) is 9.59 Å². The van der Waals surface area contributed by atoms with Crippen molar-refractivity contribution in [3.8, 4) is 0 Å². The van der Waals surface area contributed by atoms with Gasteiger partial charge in [0.15, 0.2) is 5.82 Å². The van der Waals surface area contributed by atoms with Crippen molar-refractivity contribution in [2.75, 3.05) is 18.0 Å². The van der Waals surface area contributed by atoms with Crippen molar-refractivity contribution in [3.63, 3.8) is 0 Å². The normalized spacial score (nSPS) is 20.5. The molecule has 2 aliphatic heterocycles. The molecular formula is C22H34N4O2. The molecule has 1 atom stereocenters. The highest BCUT2D eigenvalue weighted by atomic mass is 16.2. The van der Waals surface area contributed by atoms with Gasteiger partial charge in [-0.1, -0.05) is 34.6 Å². The Kier molecular flexibility index (Phi) is 5.78. The van der Waals surface area contributed by atoms with Crippen molar-refractivity contribution >= 4 is 17.6 Å². The molecule has 2 amide bonds. The zero-order chi connectivity index (χ0) is 20.6. The van der Waals surface area contributed by atoms with Crippen LogP contribution < -0.4 is 4.90 Å². The van der Waals surface area contributed by atoms with Gasteiger partial charge in [0.1, 0.15) is 5.82 Å². The zero-order valence-corrected chi connectivity index (χ0v) is 18.2. The summed E-state index contributed by atoms with van der Waals surface area (Å²) in [5.74, 6) is 2.10. The maximum absolute atomic E-state index is 13.0. The SMILES string of the molecule is Cc1nc(C2CCCCN2C(=O)C(C)(C)C)nc2c1CCC(=O)N2CC(C)C. The lowest BCUT2D eigenvalue weighted by Gasteiger charge is -2.39. The molecule has 0 aromatic carbocycles. The highest BCUT2D eigenvalue weighted by Gasteiger charge is 2.37. The molecule has 2 aliphatic rings. The summed E-state index contributed by atoms with van der Waals surface area (Å²) in [7, 11) is 0. The highest BCUT2D eigenvalue weighted by Crippen LogP contribution is 2.36. The third-order valence-corrected chi connectivity index (χ3v) is 5.61. The Morgan fingerprint density at radius 2 is 1.89 bits per heavy atom. The molecule has 3 rings (SSSR count). The van der Waals surface area contributed by atoms with Crippen molar-refractivity contribution in [2.24, 2.45) is 11.3 Å². The Hall–Kier alpha value is -1.98. The summed E-state index contributed by atoms with van der Waals surface area (Å²) < 4.78 is 0. The number of carbonyl (C=O) groups excluding carboxylic acids is 2. The van der Waals surface area contributed by atoms with E-state index in [2.05, 4.69) is 13.8 Å². The first-order chi connectivity index (χ1) is 13.1. The molecule has 0 saturated carbocycles. The number of likely N-dealkylation sites (tertiary alicyclic amines) is 1. The molecule has 0 N–H and O–H groups in total. The van der Waals surface area contributed by atoms with Gasteiger partial charge in [0.05, 0.1) is 6.04 Å². The quantitative estimate of drug-likeness (QED) is 0.792. The van der Waals surface area contributed by atoms with Gasteiger partial charge in [0, 0.05) is 36.2 Å². The zero-order valence-electron chi connectivity index (χ0n) is 18.2. The second-order valence-corrected chi connectivity index (χ2v) is 9.63. The van der Waals surface area contributed by atoms with Crippen LogP contribution in [0.1, 0.15) is 83.4 Å². The number of anilines is 1. The Balaban J connectivity index is 2.02. The number of amides is 2. The van der Waals surface area contributed by atoms with Gasteiger partial charge in [-0.25, -0.2) is 9.97 Å². The molecule has 154 valence electrons. The van der Waals surface area contributed by atoms with Crippen LogP contribution in [0.25, 0.3) is 0 Å². The van der Waals surface area contributed by atoms with Crippen LogP contribution in [0.4, 0.5) is 5.82 Å². The third kappa shape index (κ3) is 4.06. The van der Waals surface area contributed by atoms with Gasteiger partial charge in [-0.3, -0.25) is 14.5 Å². The van der Waals surface area contributed by atoms with Crippen LogP contribution in [0.3, 0.4) is 0 Å². The summed E-state index contributed by atoms with van der Waals surface area (Å²) in [5, 5.41) is 0. The number of rotatable bonds is 3. The van der Waals surface area contributed by atoms with Gasteiger partial charge in [0.2, 0.25) is 11.8 Å². The van der Waals surface area contributed by atoms with Crippen molar-refractivity contribution < 1.29 is 9.59 Å². The summed E-state index contributed by atoms with van der Waals surface area (Å²) in [4.78, 5) is 39.2. The van der Waals surface area contributed by atoms with Gasteiger partial charge < -0.3 is 4.90 Å². The second-order valence-electron chi connectivity index (χ2n) is 9.63. The van der Waals surface area contributed by atoms with Crippen LogP contribution in [-0.4, -0.2) is 39.8 Å². The van der Waals surface area contributed by atoms with Gasteiger partial charge in [-0.15, -0.1) is 0 Å². The minimum Gasteiger partial charge on any atom is -0.332 e. The molecule has 28 heavy (non-hydrogen) atoms. The van der Waals surface area contributed by atoms with Crippen LogP contribution >= 0.6 is 0 Å². The van der Waals surface area contributed by atoms with E-state index < -0.39 is 5.41 Å². The van der Waals surface area contributed by atoms with E-state index in [1.54, 1.807) is 0 Å². The summed E-state index contributed by atoms with van der Waals surface area (Å²) in [6.45, 7) is 13.5. The Morgan fingerprint density at radius 1 is 1.18 bits per heavy atom. The summed E-state index contributed by atoms with van der Waals surface area (Å²) in [6.07, 6.45) is 4.16. The third-order valence-electron chi connectivity index (χ3n) is 5.61. The average Bonchev–Trinajstić information content (AvgIpc) is 2.62. The molecule has 6 nitrogen and oxygen atoms in total. The first kappa shape index (κ1) is 20.7. The van der Waals surface area contributed by atoms with E-state index in [4.69, 9.17) is 9.97 Å². The predicted octanol–water partition coefficient (Wildman–Crippen LogP) is 3.82. The standard InChI is InChI=1S/C22H34N4O2/c1-14(2)13-26-18(27)11-10-16-15(3)23-19(24-20(16)26)17-9-7-8-12-25(17)21(28)22(4,5)6/h14,17H,7-13H2,1-6H3. The molecular weight excluding hydrogens is 352 g/mol. The number of piperidine rings is 1. The highest BCUT2D eigenvalue weighted by molar-refractivity contribution is 5.95. The molecule has 6 heteroatoms. The van der Waals surface area contributed by atoms with Crippen molar-refractivity contribution in [1.82, 2.24) is 14.9 Å². The Bertz CT molecular complexity index is 767. The fraction of sp³-hybridized carbons (Fsp3) is 0.727. The molecule has 1 aromatic rings. The molecule has 1 unspecified atom stereocenters. The van der Waals surface area contributed by atoms with E-state index in [1.807, 2.05) is 37.5 Å². The fourth-order valence-electron chi connectivity index (χ4n) is 4.18. The van der Waals surface area contributed by atoms with Crippen LogP contribution in [0.15, 0.2) is 0 Å². The van der Waals surface area contributed by atoms with Crippen LogP contribution in [0, 0.1) is 18.3 Å². The molecule has 0 spiro atoms. The average molecular weight is 387 g/mol. The van der Waals surface area contributed by atoms with E-state index >= 15 is 0 Å². The lowest BCUT2D eigenvalue weighted by atomic mass is 9.91. The Labute approximate surface area is 168 Å². The lowest BCUT2D eigenvalue weighted by Crippen LogP contribution is -2.45. The second kappa shape index (κ2) is 7.80. The van der Waals surface area contributed by atoms with Crippen LogP contribution in [0.5, 0.6) is 0 Å². The van der Waals surface area contributed by atoms with E-state index in [1.165, 1.54) is 0 Å². The number of nitrogens with zero attached hydrogens (tertiary/aromatic N) is 4. The van der Waals surface area contributed by atoms with Crippen molar-refractivity contribution in [1.29, 1.82) is 0 Å². The maximum atomic E-state index is 13.0. The number of aromatic nitrogens is 2. The fourth-order valence-corrected chi connectivity index (χ4v) is 4.18. The topological polar surface area (TPSA) is 66.4 Å². The largest absolute Gasteiger partial charge is 0.332 e. The number of hydrogen-bond acceptors (Lipinski definition) is 4. The number of carbonyl (C=O) groups is 2.